The Morgan fingerprint density at radius 2 is 1.91 bits per heavy atom. The van der Waals surface area contributed by atoms with Gasteiger partial charge in [0.2, 0.25) is 0 Å². The molecule has 5 rings (SSSR count). The molecular weight excluding hydrogens is 438 g/mol. The Balaban J connectivity index is 1.34. The molecule has 3 N–H and O–H groups in total. The molecule has 0 spiro atoms. The summed E-state index contributed by atoms with van der Waals surface area (Å²) in [5.41, 5.74) is 13.3. The summed E-state index contributed by atoms with van der Waals surface area (Å²) in [4.78, 5) is 21.4. The number of nitrogens with zero attached hydrogens (tertiary/aromatic N) is 3. The summed E-state index contributed by atoms with van der Waals surface area (Å²) in [5, 5.41) is 2.89. The van der Waals surface area contributed by atoms with Crippen molar-refractivity contribution in [3.05, 3.63) is 65.9 Å². The number of pyridine rings is 1. The van der Waals surface area contributed by atoms with Crippen molar-refractivity contribution in [2.75, 3.05) is 57.6 Å². The second-order valence-corrected chi connectivity index (χ2v) is 9.44. The number of methoxy groups -OCH3 is 1. The molecule has 35 heavy (non-hydrogen) atoms. The summed E-state index contributed by atoms with van der Waals surface area (Å²) in [6, 6.07) is 17.3. The molecule has 7 heteroatoms. The van der Waals surface area contributed by atoms with Gasteiger partial charge in [-0.25, -0.2) is 4.98 Å². The van der Waals surface area contributed by atoms with E-state index in [1.165, 1.54) is 5.69 Å². The number of benzene rings is 2. The number of anilines is 2. The van der Waals surface area contributed by atoms with Crippen LogP contribution < -0.4 is 16.0 Å². The SMILES string of the molecule is COCCN(C)[C@@H]1CCN(c2ccc(-c3cnc(N)c(-c4ccc5c(c4)CCNC5=O)c3)cc2)C1. The highest BCUT2D eigenvalue weighted by molar-refractivity contribution is 5.97. The van der Waals surface area contributed by atoms with E-state index in [0.717, 1.165) is 72.5 Å². The lowest BCUT2D eigenvalue weighted by Crippen LogP contribution is -2.36. The van der Waals surface area contributed by atoms with Gasteiger partial charge in [0.15, 0.2) is 0 Å². The van der Waals surface area contributed by atoms with Crippen LogP contribution in [0.2, 0.25) is 0 Å². The zero-order chi connectivity index (χ0) is 24.4. The fourth-order valence-corrected chi connectivity index (χ4v) is 5.08. The molecule has 0 bridgehead atoms. The third-order valence-corrected chi connectivity index (χ3v) is 7.26. The number of amides is 1. The number of carbonyl (C=O) groups excluding carboxylic acids is 1. The Bertz CT molecular complexity index is 1210. The van der Waals surface area contributed by atoms with Crippen LogP contribution in [0.3, 0.4) is 0 Å². The molecule has 2 aliphatic heterocycles. The van der Waals surface area contributed by atoms with E-state index in [4.69, 9.17) is 10.5 Å². The van der Waals surface area contributed by atoms with Gasteiger partial charge in [0, 0.05) is 67.9 Å². The van der Waals surface area contributed by atoms with E-state index in [0.29, 0.717) is 18.4 Å². The van der Waals surface area contributed by atoms with E-state index in [9.17, 15) is 4.79 Å². The molecule has 1 saturated heterocycles. The zero-order valence-electron chi connectivity index (χ0n) is 20.5. The lowest BCUT2D eigenvalue weighted by molar-refractivity contribution is 0.0946. The monoisotopic (exact) mass is 471 g/mol. The highest BCUT2D eigenvalue weighted by Crippen LogP contribution is 2.32. The van der Waals surface area contributed by atoms with Crippen molar-refractivity contribution in [2.24, 2.45) is 0 Å². The molecule has 0 radical (unpaired) electrons. The van der Waals surface area contributed by atoms with Gasteiger partial charge in [-0.1, -0.05) is 24.3 Å². The van der Waals surface area contributed by atoms with E-state index < -0.39 is 0 Å². The summed E-state index contributed by atoms with van der Waals surface area (Å²) in [6.45, 7) is 4.48. The molecule has 1 atom stereocenters. The van der Waals surface area contributed by atoms with Crippen molar-refractivity contribution in [3.63, 3.8) is 0 Å². The standard InChI is InChI=1S/C28H33N5O2/c1-32(13-14-35-2)24-10-12-33(18-24)23-6-3-19(4-7-23)22-16-26(27(29)31-17-22)20-5-8-25-21(15-20)9-11-30-28(25)34/h3-8,15-17,24H,9-14,18H2,1-2H3,(H2,29,31)(H,30,34)/t24-/m1/s1. The Hall–Kier alpha value is -3.42. The van der Waals surface area contributed by atoms with E-state index in [1.807, 2.05) is 18.3 Å². The minimum absolute atomic E-state index is 0.0105. The van der Waals surface area contributed by atoms with E-state index in [2.05, 4.69) is 63.5 Å². The predicted molar refractivity (Wildman–Crippen MR) is 141 cm³/mol. The number of nitrogens with two attached hydrogens (primary N) is 1. The van der Waals surface area contributed by atoms with Gasteiger partial charge in [0.05, 0.1) is 6.61 Å². The lowest BCUT2D eigenvalue weighted by atomic mass is 9.94. The van der Waals surface area contributed by atoms with Gasteiger partial charge in [-0.15, -0.1) is 0 Å². The molecule has 3 heterocycles. The smallest absolute Gasteiger partial charge is 0.251 e. The van der Waals surface area contributed by atoms with Gasteiger partial charge < -0.3 is 20.7 Å². The quantitative estimate of drug-likeness (QED) is 0.549. The first-order valence-corrected chi connectivity index (χ1v) is 12.2. The first-order valence-electron chi connectivity index (χ1n) is 12.2. The van der Waals surface area contributed by atoms with Gasteiger partial charge >= 0.3 is 0 Å². The van der Waals surface area contributed by atoms with Crippen LogP contribution in [-0.4, -0.2) is 68.8 Å². The van der Waals surface area contributed by atoms with E-state index in [1.54, 1.807) is 7.11 Å². The number of rotatable bonds is 7. The van der Waals surface area contributed by atoms with Gasteiger partial charge in [-0.2, -0.15) is 0 Å². The maximum absolute atomic E-state index is 12.1. The number of hydrogen-bond donors (Lipinski definition) is 2. The molecule has 1 aromatic heterocycles. The van der Waals surface area contributed by atoms with Crippen molar-refractivity contribution in [1.29, 1.82) is 0 Å². The third-order valence-electron chi connectivity index (χ3n) is 7.26. The number of fused-ring (bicyclic) bond motifs is 1. The van der Waals surface area contributed by atoms with Crippen molar-refractivity contribution < 1.29 is 9.53 Å². The summed E-state index contributed by atoms with van der Waals surface area (Å²) in [6.07, 6.45) is 3.81. The number of hydrogen-bond acceptors (Lipinski definition) is 6. The summed E-state index contributed by atoms with van der Waals surface area (Å²) < 4.78 is 5.23. The van der Waals surface area contributed by atoms with E-state index >= 15 is 0 Å². The van der Waals surface area contributed by atoms with Crippen LogP contribution in [0, 0.1) is 0 Å². The van der Waals surface area contributed by atoms with Gasteiger partial charge in [-0.05, 0) is 60.8 Å². The number of likely N-dealkylation sites (N-methyl/N-ethyl adjacent to an activating group) is 1. The van der Waals surface area contributed by atoms with Crippen molar-refractivity contribution in [2.45, 2.75) is 18.9 Å². The Labute approximate surface area is 206 Å². The number of nitrogens with one attached hydrogen (secondary N) is 1. The number of aromatic nitrogens is 1. The third kappa shape index (κ3) is 4.88. The Morgan fingerprint density at radius 3 is 2.71 bits per heavy atom. The van der Waals surface area contributed by atoms with Crippen LogP contribution in [-0.2, 0) is 11.2 Å². The van der Waals surface area contributed by atoms with Crippen LogP contribution in [0.5, 0.6) is 0 Å². The fraction of sp³-hybridized carbons (Fsp3) is 0.357. The highest BCUT2D eigenvalue weighted by atomic mass is 16.5. The molecule has 3 aromatic rings. The Morgan fingerprint density at radius 1 is 1.11 bits per heavy atom. The fourth-order valence-electron chi connectivity index (χ4n) is 5.08. The van der Waals surface area contributed by atoms with Gasteiger partial charge in [0.25, 0.3) is 5.91 Å². The lowest BCUT2D eigenvalue weighted by Gasteiger charge is -2.25. The van der Waals surface area contributed by atoms with Crippen LogP contribution in [0.25, 0.3) is 22.3 Å². The molecular formula is C28H33N5O2. The van der Waals surface area contributed by atoms with Crippen LogP contribution in [0.1, 0.15) is 22.3 Å². The summed E-state index contributed by atoms with van der Waals surface area (Å²) >= 11 is 0. The number of nitrogen functional groups attached to an aromatic ring is 1. The van der Waals surface area contributed by atoms with Gasteiger partial charge in [-0.3, -0.25) is 9.69 Å². The van der Waals surface area contributed by atoms with Crippen LogP contribution in [0.4, 0.5) is 11.5 Å². The largest absolute Gasteiger partial charge is 0.383 e. The molecule has 0 aliphatic carbocycles. The molecule has 2 aromatic carbocycles. The van der Waals surface area contributed by atoms with Crippen molar-refractivity contribution >= 4 is 17.4 Å². The van der Waals surface area contributed by atoms with Crippen LogP contribution in [0.15, 0.2) is 54.7 Å². The summed E-state index contributed by atoms with van der Waals surface area (Å²) in [7, 11) is 3.93. The summed E-state index contributed by atoms with van der Waals surface area (Å²) in [5.74, 6) is 0.481. The van der Waals surface area contributed by atoms with Gasteiger partial charge in [0.1, 0.15) is 5.82 Å². The van der Waals surface area contributed by atoms with Crippen LogP contribution >= 0.6 is 0 Å². The number of ether oxygens (including phenoxy) is 1. The molecule has 2 aliphatic rings. The topological polar surface area (TPSA) is 83.7 Å². The maximum atomic E-state index is 12.1. The minimum atomic E-state index is -0.0105. The van der Waals surface area contributed by atoms with E-state index in [-0.39, 0.29) is 5.91 Å². The highest BCUT2D eigenvalue weighted by Gasteiger charge is 2.25. The average molecular weight is 472 g/mol. The normalized spacial score (nSPS) is 17.5. The predicted octanol–water partition coefficient (Wildman–Crippen LogP) is 3.44. The molecule has 0 saturated carbocycles. The maximum Gasteiger partial charge on any atom is 0.251 e. The molecule has 1 fully saturated rings. The second kappa shape index (κ2) is 10.1. The first-order chi connectivity index (χ1) is 17.0. The average Bonchev–Trinajstić information content (AvgIpc) is 3.38. The molecule has 0 unspecified atom stereocenters. The number of carbonyl (C=O) groups is 1. The first kappa shape index (κ1) is 23.3. The van der Waals surface area contributed by atoms with Crippen molar-refractivity contribution in [3.8, 4) is 22.3 Å². The molecule has 7 nitrogen and oxygen atoms in total. The Kier molecular flexibility index (Phi) is 6.70. The molecule has 1 amide bonds. The van der Waals surface area contributed by atoms with Crippen molar-refractivity contribution in [1.82, 2.24) is 15.2 Å². The second-order valence-electron chi connectivity index (χ2n) is 9.44. The molecule has 182 valence electrons. The minimum Gasteiger partial charge on any atom is -0.383 e. The zero-order valence-corrected chi connectivity index (χ0v) is 20.5.